The fourth-order valence-corrected chi connectivity index (χ4v) is 3.30. The molecule has 0 saturated carbocycles. The summed E-state index contributed by atoms with van der Waals surface area (Å²) in [6.07, 6.45) is 6.74. The van der Waals surface area contributed by atoms with E-state index < -0.39 is 30.0 Å². The van der Waals surface area contributed by atoms with Crippen LogP contribution in [0.5, 0.6) is 0 Å². The highest BCUT2D eigenvalue weighted by Crippen LogP contribution is 2.11. The Morgan fingerprint density at radius 1 is 0.935 bits per heavy atom. The Balaban J connectivity index is 2.57. The first kappa shape index (κ1) is 26.5. The maximum atomic E-state index is 12.8. The second kappa shape index (κ2) is 15.3. The lowest BCUT2D eigenvalue weighted by atomic mass is 10.0. The van der Waals surface area contributed by atoms with Gasteiger partial charge in [0, 0.05) is 0 Å². The van der Waals surface area contributed by atoms with E-state index in [1.807, 2.05) is 44.2 Å². The molecule has 0 unspecified atom stereocenters. The van der Waals surface area contributed by atoms with E-state index >= 15 is 0 Å². The highest BCUT2D eigenvalue weighted by molar-refractivity contribution is 5.90. The molecule has 7 heteroatoms. The smallest absolute Gasteiger partial charge is 0.408 e. The molecular weight excluding hydrogens is 394 g/mol. The van der Waals surface area contributed by atoms with Crippen molar-refractivity contribution in [2.75, 3.05) is 0 Å². The van der Waals surface area contributed by atoms with Crippen molar-refractivity contribution in [2.45, 2.75) is 90.8 Å². The normalized spacial score (nSPS) is 12.8. The number of primary amides is 1. The minimum atomic E-state index is -0.797. The maximum absolute atomic E-state index is 12.8. The van der Waals surface area contributed by atoms with Crippen LogP contribution in [0.3, 0.4) is 0 Å². The molecule has 174 valence electrons. The van der Waals surface area contributed by atoms with E-state index in [2.05, 4.69) is 17.6 Å². The molecule has 0 aliphatic carbocycles. The van der Waals surface area contributed by atoms with Gasteiger partial charge in [0.15, 0.2) is 0 Å². The molecule has 0 spiro atoms. The predicted octanol–water partition coefficient (Wildman–Crippen LogP) is 4.05. The second-order valence-electron chi connectivity index (χ2n) is 8.41. The van der Waals surface area contributed by atoms with Gasteiger partial charge < -0.3 is 21.1 Å². The summed E-state index contributed by atoms with van der Waals surface area (Å²) in [5.74, 6) is -0.812. The molecule has 4 N–H and O–H groups in total. The summed E-state index contributed by atoms with van der Waals surface area (Å²) < 4.78 is 5.23. The Morgan fingerprint density at radius 2 is 1.58 bits per heavy atom. The average Bonchev–Trinajstić information content (AvgIpc) is 2.73. The first-order valence-corrected chi connectivity index (χ1v) is 11.4. The number of unbranched alkanes of at least 4 members (excludes halogenated alkanes) is 5. The molecule has 0 aromatic heterocycles. The molecule has 0 radical (unpaired) electrons. The van der Waals surface area contributed by atoms with Crippen LogP contribution in [0.2, 0.25) is 0 Å². The van der Waals surface area contributed by atoms with E-state index in [9.17, 15) is 14.4 Å². The zero-order valence-corrected chi connectivity index (χ0v) is 19.2. The third kappa shape index (κ3) is 12.0. The molecule has 0 heterocycles. The van der Waals surface area contributed by atoms with E-state index in [0.717, 1.165) is 24.8 Å². The highest BCUT2D eigenvalue weighted by Gasteiger charge is 2.26. The molecule has 1 aromatic carbocycles. The van der Waals surface area contributed by atoms with E-state index in [4.69, 9.17) is 10.5 Å². The lowest BCUT2D eigenvalue weighted by Gasteiger charge is -2.23. The molecule has 2 atom stereocenters. The fourth-order valence-electron chi connectivity index (χ4n) is 3.30. The van der Waals surface area contributed by atoms with Crippen molar-refractivity contribution in [3.05, 3.63) is 35.9 Å². The average molecular weight is 434 g/mol. The van der Waals surface area contributed by atoms with Gasteiger partial charge in [0.1, 0.15) is 18.7 Å². The van der Waals surface area contributed by atoms with Crippen LogP contribution in [0.15, 0.2) is 30.3 Å². The number of benzene rings is 1. The minimum absolute atomic E-state index is 0.116. The Kier molecular flexibility index (Phi) is 13.0. The SMILES string of the molecule is CCCCCCCC[C@@H](NC(=O)[C@H](CC(C)C)NC(=O)OCc1ccccc1)C(N)=O. The quantitative estimate of drug-likeness (QED) is 0.362. The first-order valence-electron chi connectivity index (χ1n) is 11.4. The van der Waals surface area contributed by atoms with Crippen LogP contribution in [0, 0.1) is 5.92 Å². The number of rotatable bonds is 15. The van der Waals surface area contributed by atoms with Gasteiger partial charge in [-0.3, -0.25) is 9.59 Å². The lowest BCUT2D eigenvalue weighted by Crippen LogP contribution is -2.53. The molecule has 0 aliphatic heterocycles. The summed E-state index contributed by atoms with van der Waals surface area (Å²) >= 11 is 0. The summed E-state index contributed by atoms with van der Waals surface area (Å²) in [5, 5.41) is 5.35. The van der Waals surface area contributed by atoms with Gasteiger partial charge in [-0.2, -0.15) is 0 Å². The Hall–Kier alpha value is -2.57. The minimum Gasteiger partial charge on any atom is -0.445 e. The number of carbonyl (C=O) groups excluding carboxylic acids is 3. The van der Waals surface area contributed by atoms with Gasteiger partial charge in [-0.05, 0) is 24.3 Å². The standard InChI is InChI=1S/C24H39N3O4/c1-4-5-6-7-8-12-15-20(22(25)28)26-23(29)21(16-18(2)3)27-24(30)31-17-19-13-10-9-11-14-19/h9-11,13-14,18,20-21H,4-8,12,15-17H2,1-3H3,(H2,25,28)(H,26,29)(H,27,30)/t20-,21+/m1/s1. The third-order valence-electron chi connectivity index (χ3n) is 5.03. The van der Waals surface area contributed by atoms with Crippen LogP contribution < -0.4 is 16.4 Å². The molecule has 0 fully saturated rings. The summed E-state index contributed by atoms with van der Waals surface area (Å²) in [4.78, 5) is 36.8. The molecular formula is C24H39N3O4. The molecule has 3 amide bonds. The van der Waals surface area contributed by atoms with Crippen LogP contribution >= 0.6 is 0 Å². The zero-order valence-electron chi connectivity index (χ0n) is 19.2. The van der Waals surface area contributed by atoms with Crippen molar-refractivity contribution in [3.8, 4) is 0 Å². The first-order chi connectivity index (χ1) is 14.8. The number of alkyl carbamates (subject to hydrolysis) is 1. The van der Waals surface area contributed by atoms with Crippen molar-refractivity contribution in [3.63, 3.8) is 0 Å². The number of hydrogen-bond donors (Lipinski definition) is 3. The summed E-state index contributed by atoms with van der Waals surface area (Å²) in [5.41, 5.74) is 6.35. The van der Waals surface area contributed by atoms with Crippen molar-refractivity contribution in [2.24, 2.45) is 11.7 Å². The summed E-state index contributed by atoms with van der Waals surface area (Å²) in [7, 11) is 0. The fraction of sp³-hybridized carbons (Fsp3) is 0.625. The van der Waals surface area contributed by atoms with Gasteiger partial charge in [0.05, 0.1) is 0 Å². The topological polar surface area (TPSA) is 111 Å². The molecule has 31 heavy (non-hydrogen) atoms. The molecule has 0 aliphatic rings. The molecule has 1 rings (SSSR count). The summed E-state index contributed by atoms with van der Waals surface area (Å²) in [6, 6.07) is 7.77. The largest absolute Gasteiger partial charge is 0.445 e. The molecule has 1 aromatic rings. The van der Waals surface area contributed by atoms with Crippen LogP contribution in [0.4, 0.5) is 4.79 Å². The number of nitrogens with one attached hydrogen (secondary N) is 2. The second-order valence-corrected chi connectivity index (χ2v) is 8.41. The monoisotopic (exact) mass is 433 g/mol. The number of carbonyl (C=O) groups is 3. The maximum Gasteiger partial charge on any atom is 0.408 e. The van der Waals surface area contributed by atoms with Crippen molar-refractivity contribution >= 4 is 17.9 Å². The van der Waals surface area contributed by atoms with Crippen LogP contribution in [-0.4, -0.2) is 30.0 Å². The van der Waals surface area contributed by atoms with Crippen LogP contribution in [0.25, 0.3) is 0 Å². The van der Waals surface area contributed by atoms with Gasteiger partial charge in [-0.25, -0.2) is 4.79 Å². The predicted molar refractivity (Wildman–Crippen MR) is 122 cm³/mol. The van der Waals surface area contributed by atoms with Crippen LogP contribution in [-0.2, 0) is 20.9 Å². The number of hydrogen-bond acceptors (Lipinski definition) is 4. The lowest BCUT2D eigenvalue weighted by molar-refractivity contribution is -0.129. The van der Waals surface area contributed by atoms with E-state index in [-0.39, 0.29) is 12.5 Å². The van der Waals surface area contributed by atoms with Crippen LogP contribution in [0.1, 0.15) is 77.7 Å². The molecule has 7 nitrogen and oxygen atoms in total. The van der Waals surface area contributed by atoms with Crippen molar-refractivity contribution in [1.29, 1.82) is 0 Å². The highest BCUT2D eigenvalue weighted by atomic mass is 16.5. The Bertz CT molecular complexity index is 664. The number of nitrogens with two attached hydrogens (primary N) is 1. The van der Waals surface area contributed by atoms with Gasteiger partial charge in [0.2, 0.25) is 11.8 Å². The van der Waals surface area contributed by atoms with Gasteiger partial charge in [-0.1, -0.05) is 89.6 Å². The third-order valence-corrected chi connectivity index (χ3v) is 5.03. The molecule has 0 saturated heterocycles. The van der Waals surface area contributed by atoms with E-state index in [0.29, 0.717) is 12.8 Å². The number of ether oxygens (including phenoxy) is 1. The Morgan fingerprint density at radius 3 is 2.19 bits per heavy atom. The van der Waals surface area contributed by atoms with Gasteiger partial charge in [-0.15, -0.1) is 0 Å². The summed E-state index contributed by atoms with van der Waals surface area (Å²) in [6.45, 7) is 6.20. The molecule has 0 bridgehead atoms. The Labute approximate surface area is 186 Å². The number of amides is 3. The van der Waals surface area contributed by atoms with Gasteiger partial charge in [0.25, 0.3) is 0 Å². The van der Waals surface area contributed by atoms with Crippen molar-refractivity contribution < 1.29 is 19.1 Å². The van der Waals surface area contributed by atoms with Crippen molar-refractivity contribution in [1.82, 2.24) is 10.6 Å². The van der Waals surface area contributed by atoms with E-state index in [1.165, 1.54) is 19.3 Å². The zero-order chi connectivity index (χ0) is 23.1. The van der Waals surface area contributed by atoms with Gasteiger partial charge >= 0.3 is 6.09 Å². The van der Waals surface area contributed by atoms with E-state index in [1.54, 1.807) is 0 Å².